The van der Waals surface area contributed by atoms with Crippen LogP contribution in [0.25, 0.3) is 22.3 Å². The molecule has 3 aromatic carbocycles. The summed E-state index contributed by atoms with van der Waals surface area (Å²) in [6.07, 6.45) is 3.24. The zero-order valence-corrected chi connectivity index (χ0v) is 20.8. The number of carboxylic acids is 1. The normalized spacial score (nSPS) is 14.4. The first-order valence-electron chi connectivity index (χ1n) is 11.8. The van der Waals surface area contributed by atoms with Crippen LogP contribution in [0, 0.1) is 0 Å². The van der Waals surface area contributed by atoms with Gasteiger partial charge in [-0.2, -0.15) is 10.2 Å². The van der Waals surface area contributed by atoms with Gasteiger partial charge in [-0.3, -0.25) is 10.1 Å². The van der Waals surface area contributed by atoms with Crippen LogP contribution in [0.15, 0.2) is 85.2 Å². The first kappa shape index (κ1) is 24.5. The molecule has 0 aliphatic heterocycles. The Labute approximate surface area is 219 Å². The van der Waals surface area contributed by atoms with E-state index in [2.05, 4.69) is 15.5 Å². The Kier molecular flexibility index (Phi) is 6.63. The number of ether oxygens (including phenoxy) is 1. The summed E-state index contributed by atoms with van der Waals surface area (Å²) in [6, 6.07) is 22.7. The molecule has 2 N–H and O–H groups in total. The van der Waals surface area contributed by atoms with Crippen LogP contribution in [0.3, 0.4) is 0 Å². The Hall–Kier alpha value is -4.23. The summed E-state index contributed by atoms with van der Waals surface area (Å²) < 4.78 is 5.52. The number of hydrogen-bond acceptors (Lipinski definition) is 5. The summed E-state index contributed by atoms with van der Waals surface area (Å²) in [4.78, 5) is 24.2. The molecule has 1 aromatic heterocycles. The van der Waals surface area contributed by atoms with Crippen molar-refractivity contribution in [3.05, 3.63) is 101 Å². The first-order chi connectivity index (χ1) is 17.9. The number of rotatable bonds is 7. The Bertz CT molecular complexity index is 1450. The molecule has 8 heteroatoms. The van der Waals surface area contributed by atoms with Crippen molar-refractivity contribution < 1.29 is 19.4 Å². The standard InChI is InChI=1S/C29H24ClN3O4/c1-18(23-4-2-3-5-25(23)30)37-28(36)33-26-17-32-31-16-24(26)21-8-6-19(7-9-21)20-10-12-22(13-11-20)29(14-15-29)27(34)35/h2-13,16-18H,14-15H2,1H3,(H,34,35)(H,31,33,36). The van der Waals surface area contributed by atoms with E-state index in [1.165, 1.54) is 6.20 Å². The number of benzene rings is 3. The summed E-state index contributed by atoms with van der Waals surface area (Å²) in [6.45, 7) is 1.75. The van der Waals surface area contributed by atoms with E-state index in [1.54, 1.807) is 19.2 Å². The van der Waals surface area contributed by atoms with E-state index in [4.69, 9.17) is 16.3 Å². The highest BCUT2D eigenvalue weighted by atomic mass is 35.5. The molecule has 5 rings (SSSR count). The van der Waals surface area contributed by atoms with E-state index in [0.29, 0.717) is 34.7 Å². The van der Waals surface area contributed by atoms with Gasteiger partial charge in [-0.25, -0.2) is 4.79 Å². The number of aromatic nitrogens is 2. The third-order valence-electron chi connectivity index (χ3n) is 6.72. The molecule has 37 heavy (non-hydrogen) atoms. The highest BCUT2D eigenvalue weighted by molar-refractivity contribution is 6.31. The SMILES string of the molecule is CC(OC(=O)Nc1cnncc1-c1ccc(-c2ccc(C3(C(=O)O)CC3)cc2)cc1)c1ccccc1Cl. The molecule has 0 saturated heterocycles. The van der Waals surface area contributed by atoms with E-state index in [0.717, 1.165) is 22.3 Å². The van der Waals surface area contributed by atoms with Gasteiger partial charge in [0.25, 0.3) is 0 Å². The number of nitrogens with one attached hydrogen (secondary N) is 1. The monoisotopic (exact) mass is 513 g/mol. The molecule has 1 unspecified atom stereocenters. The number of carboxylic acid groups (broad SMARTS) is 1. The second-order valence-electron chi connectivity index (χ2n) is 9.05. The van der Waals surface area contributed by atoms with E-state index >= 15 is 0 Å². The van der Waals surface area contributed by atoms with Crippen molar-refractivity contribution in [1.82, 2.24) is 10.2 Å². The van der Waals surface area contributed by atoms with Gasteiger partial charge in [0.15, 0.2) is 0 Å². The summed E-state index contributed by atoms with van der Waals surface area (Å²) in [7, 11) is 0. The lowest BCUT2D eigenvalue weighted by Crippen LogP contribution is -2.19. The minimum absolute atomic E-state index is 0.465. The smallest absolute Gasteiger partial charge is 0.412 e. The molecule has 0 bridgehead atoms. The lowest BCUT2D eigenvalue weighted by molar-refractivity contribution is -0.140. The largest absolute Gasteiger partial charge is 0.481 e. The fraction of sp³-hybridized carbons (Fsp3) is 0.172. The maximum absolute atomic E-state index is 12.6. The van der Waals surface area contributed by atoms with Gasteiger partial charge < -0.3 is 9.84 Å². The van der Waals surface area contributed by atoms with Crippen LogP contribution in [-0.4, -0.2) is 27.4 Å². The van der Waals surface area contributed by atoms with Crippen molar-refractivity contribution in [3.8, 4) is 22.3 Å². The van der Waals surface area contributed by atoms with E-state index in [1.807, 2.05) is 66.7 Å². The molecule has 1 atom stereocenters. The van der Waals surface area contributed by atoms with Crippen LogP contribution in [-0.2, 0) is 14.9 Å². The van der Waals surface area contributed by atoms with E-state index in [-0.39, 0.29) is 0 Å². The number of nitrogens with zero attached hydrogens (tertiary/aromatic N) is 2. The third kappa shape index (κ3) is 5.04. The van der Waals surface area contributed by atoms with Crippen molar-refractivity contribution in [2.45, 2.75) is 31.3 Å². The molecular weight excluding hydrogens is 490 g/mol. The van der Waals surface area contributed by atoms with Gasteiger partial charge >= 0.3 is 12.1 Å². The van der Waals surface area contributed by atoms with Crippen LogP contribution >= 0.6 is 11.6 Å². The Morgan fingerprint density at radius 2 is 1.51 bits per heavy atom. The number of carbonyl (C=O) groups is 2. The zero-order chi connectivity index (χ0) is 26.0. The molecule has 186 valence electrons. The molecule has 1 aliphatic rings. The summed E-state index contributed by atoms with van der Waals surface area (Å²) in [5.74, 6) is -0.762. The second kappa shape index (κ2) is 10.0. The average Bonchev–Trinajstić information content (AvgIpc) is 3.72. The van der Waals surface area contributed by atoms with E-state index < -0.39 is 23.6 Å². The highest BCUT2D eigenvalue weighted by Gasteiger charge is 2.51. The molecule has 1 heterocycles. The maximum atomic E-state index is 12.6. The fourth-order valence-corrected chi connectivity index (χ4v) is 4.68. The van der Waals surface area contributed by atoms with Gasteiger partial charge in [0.2, 0.25) is 0 Å². The minimum atomic E-state index is -0.762. The number of amides is 1. The Balaban J connectivity index is 1.30. The highest BCUT2D eigenvalue weighted by Crippen LogP contribution is 2.48. The predicted molar refractivity (Wildman–Crippen MR) is 141 cm³/mol. The summed E-state index contributed by atoms with van der Waals surface area (Å²) >= 11 is 6.21. The summed E-state index contributed by atoms with van der Waals surface area (Å²) in [5.41, 5.74) is 4.81. The molecule has 4 aromatic rings. The predicted octanol–water partition coefficient (Wildman–Crippen LogP) is 6.89. The molecular formula is C29H24ClN3O4. The topological polar surface area (TPSA) is 101 Å². The van der Waals surface area contributed by atoms with Gasteiger partial charge in [0, 0.05) is 16.1 Å². The van der Waals surface area contributed by atoms with Crippen molar-refractivity contribution in [1.29, 1.82) is 0 Å². The Morgan fingerprint density at radius 1 is 0.919 bits per heavy atom. The summed E-state index contributed by atoms with van der Waals surface area (Å²) in [5, 5.41) is 20.7. The van der Waals surface area contributed by atoms with Crippen LogP contribution in [0.1, 0.15) is 37.0 Å². The molecule has 0 spiro atoms. The number of aliphatic carboxylic acids is 1. The van der Waals surface area contributed by atoms with Crippen LogP contribution < -0.4 is 5.32 Å². The number of halogens is 1. The van der Waals surface area contributed by atoms with Crippen molar-refractivity contribution in [3.63, 3.8) is 0 Å². The molecule has 0 radical (unpaired) electrons. The lowest BCUT2D eigenvalue weighted by Gasteiger charge is -2.16. The zero-order valence-electron chi connectivity index (χ0n) is 20.0. The van der Waals surface area contributed by atoms with Gasteiger partial charge in [-0.1, -0.05) is 78.3 Å². The molecule has 1 fully saturated rings. The van der Waals surface area contributed by atoms with Gasteiger partial charge in [0.1, 0.15) is 6.10 Å². The second-order valence-corrected chi connectivity index (χ2v) is 9.46. The quantitative estimate of drug-likeness (QED) is 0.279. The molecule has 1 aliphatic carbocycles. The fourth-order valence-electron chi connectivity index (χ4n) is 4.39. The van der Waals surface area contributed by atoms with Crippen molar-refractivity contribution >= 4 is 29.4 Å². The number of anilines is 1. The number of carbonyl (C=O) groups excluding carboxylic acids is 1. The van der Waals surface area contributed by atoms with Gasteiger partial charge in [0.05, 0.1) is 23.5 Å². The van der Waals surface area contributed by atoms with E-state index in [9.17, 15) is 14.7 Å². The van der Waals surface area contributed by atoms with Gasteiger partial charge in [-0.15, -0.1) is 0 Å². The molecule has 7 nitrogen and oxygen atoms in total. The number of hydrogen-bond donors (Lipinski definition) is 2. The molecule has 1 amide bonds. The maximum Gasteiger partial charge on any atom is 0.412 e. The van der Waals surface area contributed by atoms with Gasteiger partial charge in [-0.05, 0) is 48.1 Å². The van der Waals surface area contributed by atoms with Crippen LogP contribution in [0.5, 0.6) is 0 Å². The van der Waals surface area contributed by atoms with Crippen molar-refractivity contribution in [2.75, 3.05) is 5.32 Å². The lowest BCUT2D eigenvalue weighted by atomic mass is 9.93. The molecule has 1 saturated carbocycles. The first-order valence-corrected chi connectivity index (χ1v) is 12.2. The Morgan fingerprint density at radius 3 is 2.14 bits per heavy atom. The minimum Gasteiger partial charge on any atom is -0.481 e. The van der Waals surface area contributed by atoms with Crippen molar-refractivity contribution in [2.24, 2.45) is 0 Å². The van der Waals surface area contributed by atoms with Crippen LogP contribution in [0.2, 0.25) is 5.02 Å². The van der Waals surface area contributed by atoms with Crippen LogP contribution in [0.4, 0.5) is 10.5 Å². The average molecular weight is 514 g/mol. The third-order valence-corrected chi connectivity index (χ3v) is 7.06.